The maximum absolute atomic E-state index is 13.4. The highest BCUT2D eigenvalue weighted by Gasteiger charge is 2.48. The number of ketones is 1. The highest BCUT2D eigenvalue weighted by Crippen LogP contribution is 2.46. The van der Waals surface area contributed by atoms with Crippen LogP contribution in [0.3, 0.4) is 0 Å². The molecule has 1 fully saturated rings. The van der Waals surface area contributed by atoms with Crippen molar-refractivity contribution >= 4 is 39.1 Å². The number of nitrogens with zero attached hydrogens (tertiary/aromatic N) is 1. The second kappa shape index (κ2) is 9.84. The number of rotatable bonds is 6. The van der Waals surface area contributed by atoms with Crippen LogP contribution in [0, 0.1) is 6.92 Å². The van der Waals surface area contributed by atoms with Gasteiger partial charge in [0, 0.05) is 27.4 Å². The average molecular weight is 538 g/mol. The van der Waals surface area contributed by atoms with Gasteiger partial charge in [0.25, 0.3) is 11.7 Å². The van der Waals surface area contributed by atoms with Crippen molar-refractivity contribution in [2.24, 2.45) is 0 Å². The van der Waals surface area contributed by atoms with Gasteiger partial charge in [-0.05, 0) is 61.0 Å². The molecular formula is C27H24BrNO6. The summed E-state index contributed by atoms with van der Waals surface area (Å²) < 4.78 is 16.9. The van der Waals surface area contributed by atoms with Gasteiger partial charge < -0.3 is 19.3 Å². The lowest BCUT2D eigenvalue weighted by molar-refractivity contribution is -0.132. The highest BCUT2D eigenvalue weighted by molar-refractivity contribution is 9.10. The first kappa shape index (κ1) is 24.3. The summed E-state index contributed by atoms with van der Waals surface area (Å²) in [5, 5.41) is 11.3. The molecule has 1 unspecified atom stereocenters. The number of methoxy groups -OCH3 is 3. The molecule has 1 saturated heterocycles. The number of anilines is 1. The third-order valence-electron chi connectivity index (χ3n) is 5.98. The predicted molar refractivity (Wildman–Crippen MR) is 136 cm³/mol. The number of aliphatic hydroxyl groups excluding tert-OH is 1. The van der Waals surface area contributed by atoms with Crippen molar-refractivity contribution in [3.8, 4) is 17.2 Å². The van der Waals surface area contributed by atoms with E-state index in [-0.39, 0.29) is 11.3 Å². The molecule has 0 radical (unpaired) electrons. The number of hydrogen-bond donors (Lipinski definition) is 1. The number of hydrogen-bond acceptors (Lipinski definition) is 6. The quantitative estimate of drug-likeness (QED) is 0.257. The Morgan fingerprint density at radius 3 is 2.14 bits per heavy atom. The number of aliphatic hydroxyl groups is 1. The van der Waals surface area contributed by atoms with Gasteiger partial charge in [0.05, 0.1) is 32.9 Å². The minimum atomic E-state index is -0.937. The summed E-state index contributed by atoms with van der Waals surface area (Å²) in [6, 6.07) is 16.2. The van der Waals surface area contributed by atoms with Crippen LogP contribution in [0.25, 0.3) is 5.76 Å². The van der Waals surface area contributed by atoms with Crippen LogP contribution < -0.4 is 19.1 Å². The zero-order valence-electron chi connectivity index (χ0n) is 19.7. The lowest BCUT2D eigenvalue weighted by Crippen LogP contribution is -2.29. The number of carbonyl (C=O) groups is 2. The predicted octanol–water partition coefficient (Wildman–Crippen LogP) is 5.41. The van der Waals surface area contributed by atoms with E-state index in [1.165, 1.54) is 26.2 Å². The normalized spacial score (nSPS) is 16.9. The molecule has 1 N–H and O–H groups in total. The molecule has 0 spiro atoms. The molecule has 1 aliphatic heterocycles. The van der Waals surface area contributed by atoms with Gasteiger partial charge in [0.2, 0.25) is 0 Å². The van der Waals surface area contributed by atoms with Crippen molar-refractivity contribution in [1.82, 2.24) is 0 Å². The number of aryl methyl sites for hydroxylation is 1. The van der Waals surface area contributed by atoms with Crippen molar-refractivity contribution in [3.63, 3.8) is 0 Å². The first-order chi connectivity index (χ1) is 16.8. The second-order valence-electron chi connectivity index (χ2n) is 7.94. The Labute approximate surface area is 211 Å². The van der Waals surface area contributed by atoms with E-state index in [1.54, 1.807) is 54.6 Å². The van der Waals surface area contributed by atoms with Gasteiger partial charge in [0.15, 0.2) is 0 Å². The Balaban J connectivity index is 1.98. The molecule has 0 saturated carbocycles. The van der Waals surface area contributed by atoms with E-state index in [9.17, 15) is 14.7 Å². The summed E-state index contributed by atoms with van der Waals surface area (Å²) in [6.45, 7) is 1.93. The van der Waals surface area contributed by atoms with Gasteiger partial charge in [-0.15, -0.1) is 0 Å². The molecule has 35 heavy (non-hydrogen) atoms. The smallest absolute Gasteiger partial charge is 0.300 e. The maximum Gasteiger partial charge on any atom is 0.300 e. The zero-order valence-corrected chi connectivity index (χ0v) is 21.3. The minimum Gasteiger partial charge on any atom is -0.507 e. The van der Waals surface area contributed by atoms with E-state index in [1.807, 2.05) is 13.0 Å². The number of amides is 1. The van der Waals surface area contributed by atoms with Crippen LogP contribution in [0.2, 0.25) is 0 Å². The topological polar surface area (TPSA) is 85.3 Å². The first-order valence-corrected chi connectivity index (χ1v) is 11.5. The molecule has 1 amide bonds. The third kappa shape index (κ3) is 4.37. The molecule has 1 atom stereocenters. The van der Waals surface area contributed by atoms with Crippen molar-refractivity contribution in [2.45, 2.75) is 13.0 Å². The van der Waals surface area contributed by atoms with Gasteiger partial charge in [-0.1, -0.05) is 22.0 Å². The van der Waals surface area contributed by atoms with Gasteiger partial charge in [-0.2, -0.15) is 0 Å². The van der Waals surface area contributed by atoms with Crippen molar-refractivity contribution in [2.75, 3.05) is 26.2 Å². The molecule has 3 aromatic carbocycles. The van der Waals surface area contributed by atoms with E-state index >= 15 is 0 Å². The molecule has 0 bridgehead atoms. The number of ether oxygens (including phenoxy) is 3. The highest BCUT2D eigenvalue weighted by atomic mass is 79.9. The number of carbonyl (C=O) groups excluding carboxylic acids is 2. The summed E-state index contributed by atoms with van der Waals surface area (Å²) >= 11 is 3.51. The molecule has 180 valence electrons. The molecular weight excluding hydrogens is 514 g/mol. The van der Waals surface area contributed by atoms with E-state index in [0.29, 0.717) is 34.1 Å². The SMILES string of the molecule is COc1ccc(C(O)=C2C(=O)C(=O)N(c3ccc(C)c(Br)c3)C2c2ccc(OC)cc2OC)cc1. The lowest BCUT2D eigenvalue weighted by Gasteiger charge is -2.27. The van der Waals surface area contributed by atoms with Crippen molar-refractivity contribution < 1.29 is 28.9 Å². The summed E-state index contributed by atoms with van der Waals surface area (Å²) in [7, 11) is 4.57. The van der Waals surface area contributed by atoms with Crippen LogP contribution in [0.4, 0.5) is 5.69 Å². The first-order valence-electron chi connectivity index (χ1n) is 10.7. The fraction of sp³-hybridized carbons (Fsp3) is 0.185. The lowest BCUT2D eigenvalue weighted by atomic mass is 9.94. The second-order valence-corrected chi connectivity index (χ2v) is 8.79. The van der Waals surface area contributed by atoms with Crippen LogP contribution in [-0.2, 0) is 9.59 Å². The monoisotopic (exact) mass is 537 g/mol. The van der Waals surface area contributed by atoms with E-state index in [0.717, 1.165) is 10.0 Å². The van der Waals surface area contributed by atoms with Crippen molar-refractivity contribution in [3.05, 3.63) is 87.4 Å². The van der Waals surface area contributed by atoms with Gasteiger partial charge >= 0.3 is 0 Å². The number of Topliss-reactive ketones (excluding diaryl/α,β-unsaturated/α-hetero) is 1. The zero-order chi connectivity index (χ0) is 25.3. The largest absolute Gasteiger partial charge is 0.507 e. The summed E-state index contributed by atoms with van der Waals surface area (Å²) in [4.78, 5) is 28.1. The third-order valence-corrected chi connectivity index (χ3v) is 6.83. The maximum atomic E-state index is 13.4. The minimum absolute atomic E-state index is 0.0414. The Kier molecular flexibility index (Phi) is 6.84. The average Bonchev–Trinajstić information content (AvgIpc) is 3.14. The Bertz CT molecular complexity index is 1330. The molecule has 1 aliphatic rings. The van der Waals surface area contributed by atoms with E-state index in [4.69, 9.17) is 14.2 Å². The molecule has 0 aliphatic carbocycles. The molecule has 0 aromatic heterocycles. The molecule has 1 heterocycles. The Morgan fingerprint density at radius 2 is 1.54 bits per heavy atom. The number of halogens is 1. The van der Waals surface area contributed by atoms with E-state index in [2.05, 4.69) is 15.9 Å². The van der Waals surface area contributed by atoms with Crippen LogP contribution >= 0.6 is 15.9 Å². The molecule has 8 heteroatoms. The molecule has 4 rings (SSSR count). The van der Waals surface area contributed by atoms with Gasteiger partial charge in [0.1, 0.15) is 23.0 Å². The number of benzene rings is 3. The fourth-order valence-electron chi connectivity index (χ4n) is 4.07. The fourth-order valence-corrected chi connectivity index (χ4v) is 4.44. The van der Waals surface area contributed by atoms with Crippen LogP contribution in [0.1, 0.15) is 22.7 Å². The summed E-state index contributed by atoms with van der Waals surface area (Å²) in [5.74, 6) is -0.275. The van der Waals surface area contributed by atoms with E-state index < -0.39 is 17.7 Å². The van der Waals surface area contributed by atoms with Gasteiger partial charge in [-0.3, -0.25) is 14.5 Å². The molecule has 7 nitrogen and oxygen atoms in total. The van der Waals surface area contributed by atoms with Crippen molar-refractivity contribution in [1.29, 1.82) is 0 Å². The molecule has 3 aromatic rings. The van der Waals surface area contributed by atoms with Crippen LogP contribution in [0.5, 0.6) is 17.2 Å². The Morgan fingerprint density at radius 1 is 0.886 bits per heavy atom. The standard InChI is InChI=1S/C27H24BrNO6/c1-15-5-8-17(13-21(15)28)29-24(20-12-11-19(34-3)14-22(20)35-4)23(26(31)27(29)32)25(30)16-6-9-18(33-2)10-7-16/h5-14,24,30H,1-4H3. The van der Waals surface area contributed by atoms with Crippen LogP contribution in [-0.4, -0.2) is 38.1 Å². The summed E-state index contributed by atoms with van der Waals surface area (Å²) in [6.07, 6.45) is 0. The van der Waals surface area contributed by atoms with Crippen LogP contribution in [0.15, 0.2) is 70.7 Å². The van der Waals surface area contributed by atoms with Gasteiger partial charge in [-0.25, -0.2) is 0 Å². The summed E-state index contributed by atoms with van der Waals surface area (Å²) in [5.41, 5.74) is 2.34. The Hall–Kier alpha value is -3.78.